The van der Waals surface area contributed by atoms with Crippen molar-refractivity contribution in [3.8, 4) is 0 Å². The molecule has 0 spiro atoms. The van der Waals surface area contributed by atoms with Gasteiger partial charge in [-0.15, -0.1) is 0 Å². The predicted octanol–water partition coefficient (Wildman–Crippen LogP) is 0.121. The van der Waals surface area contributed by atoms with Gasteiger partial charge in [-0.3, -0.25) is 4.79 Å². The fraction of sp³-hybridized carbons (Fsp3) is 0.889. The third kappa shape index (κ3) is 4.85. The molecule has 1 amide bonds. The van der Waals surface area contributed by atoms with Gasteiger partial charge in [0.1, 0.15) is 0 Å². The average Bonchev–Trinajstić information content (AvgIpc) is 2.03. The van der Waals surface area contributed by atoms with Crippen LogP contribution in [-0.2, 0) is 9.53 Å². The average molecular weight is 188 g/mol. The highest BCUT2D eigenvalue weighted by Gasteiger charge is 2.18. The highest BCUT2D eigenvalue weighted by atomic mass is 16.5. The van der Waals surface area contributed by atoms with Crippen molar-refractivity contribution in [3.63, 3.8) is 0 Å². The Morgan fingerprint density at radius 1 is 1.46 bits per heavy atom. The van der Waals surface area contributed by atoms with E-state index in [9.17, 15) is 4.79 Å². The predicted molar refractivity (Wildman–Crippen MR) is 52.3 cm³/mol. The molecule has 4 nitrogen and oxygen atoms in total. The SMILES string of the molecule is COCC(C)NC(=O)C(N)C(C)C. The van der Waals surface area contributed by atoms with Crippen LogP contribution in [-0.4, -0.2) is 31.7 Å². The first kappa shape index (κ1) is 12.4. The molecule has 0 bridgehead atoms. The van der Waals surface area contributed by atoms with Gasteiger partial charge in [0, 0.05) is 13.2 Å². The lowest BCUT2D eigenvalue weighted by Crippen LogP contribution is -2.48. The number of hydrogen-bond acceptors (Lipinski definition) is 3. The minimum absolute atomic E-state index is 0.0160. The van der Waals surface area contributed by atoms with E-state index in [-0.39, 0.29) is 17.9 Å². The summed E-state index contributed by atoms with van der Waals surface area (Å²) < 4.78 is 4.89. The number of amides is 1. The Morgan fingerprint density at radius 2 is 2.00 bits per heavy atom. The number of nitrogens with one attached hydrogen (secondary N) is 1. The molecule has 3 N–H and O–H groups in total. The van der Waals surface area contributed by atoms with E-state index in [0.29, 0.717) is 6.61 Å². The Labute approximate surface area is 79.8 Å². The lowest BCUT2D eigenvalue weighted by Gasteiger charge is -2.18. The summed E-state index contributed by atoms with van der Waals surface area (Å²) in [4.78, 5) is 11.4. The smallest absolute Gasteiger partial charge is 0.237 e. The molecular formula is C9H20N2O2. The van der Waals surface area contributed by atoms with Crippen molar-refractivity contribution >= 4 is 5.91 Å². The Kier molecular flexibility index (Phi) is 5.66. The minimum Gasteiger partial charge on any atom is -0.383 e. The molecule has 0 saturated carbocycles. The van der Waals surface area contributed by atoms with E-state index in [1.807, 2.05) is 20.8 Å². The molecular weight excluding hydrogens is 168 g/mol. The summed E-state index contributed by atoms with van der Waals surface area (Å²) in [5.41, 5.74) is 5.65. The van der Waals surface area contributed by atoms with Gasteiger partial charge in [0.15, 0.2) is 0 Å². The second kappa shape index (κ2) is 5.94. The van der Waals surface area contributed by atoms with Crippen molar-refractivity contribution in [1.82, 2.24) is 5.32 Å². The number of carbonyl (C=O) groups is 1. The van der Waals surface area contributed by atoms with Gasteiger partial charge in [-0.05, 0) is 12.8 Å². The van der Waals surface area contributed by atoms with E-state index >= 15 is 0 Å². The highest BCUT2D eigenvalue weighted by Crippen LogP contribution is 1.98. The molecule has 0 rings (SSSR count). The van der Waals surface area contributed by atoms with Crippen molar-refractivity contribution in [1.29, 1.82) is 0 Å². The number of nitrogens with two attached hydrogens (primary N) is 1. The number of carbonyl (C=O) groups excluding carboxylic acids is 1. The number of ether oxygens (including phenoxy) is 1. The summed E-state index contributed by atoms with van der Waals surface area (Å²) in [5.74, 6) is 0.0503. The normalized spacial score (nSPS) is 15.5. The van der Waals surface area contributed by atoms with Crippen molar-refractivity contribution in [2.24, 2.45) is 11.7 Å². The molecule has 0 aromatic rings. The third-order valence-corrected chi connectivity index (χ3v) is 1.83. The van der Waals surface area contributed by atoms with E-state index < -0.39 is 6.04 Å². The maximum atomic E-state index is 11.4. The van der Waals surface area contributed by atoms with Crippen LogP contribution in [0.5, 0.6) is 0 Å². The first-order valence-electron chi connectivity index (χ1n) is 4.54. The van der Waals surface area contributed by atoms with Crippen LogP contribution in [0, 0.1) is 5.92 Å². The van der Waals surface area contributed by atoms with E-state index in [1.54, 1.807) is 7.11 Å². The number of rotatable bonds is 5. The summed E-state index contributed by atoms with van der Waals surface area (Å²) in [6.07, 6.45) is 0. The van der Waals surface area contributed by atoms with Crippen LogP contribution >= 0.6 is 0 Å². The largest absolute Gasteiger partial charge is 0.383 e. The van der Waals surface area contributed by atoms with Gasteiger partial charge in [-0.25, -0.2) is 0 Å². The molecule has 13 heavy (non-hydrogen) atoms. The molecule has 2 unspecified atom stereocenters. The Bertz CT molecular complexity index is 160. The molecule has 0 aromatic carbocycles. The summed E-state index contributed by atoms with van der Waals surface area (Å²) in [6, 6.07) is -0.415. The molecule has 0 aromatic heterocycles. The van der Waals surface area contributed by atoms with Crippen LogP contribution in [0.3, 0.4) is 0 Å². The van der Waals surface area contributed by atoms with Crippen molar-refractivity contribution in [2.75, 3.05) is 13.7 Å². The fourth-order valence-electron chi connectivity index (χ4n) is 0.933. The zero-order valence-electron chi connectivity index (χ0n) is 8.83. The monoisotopic (exact) mass is 188 g/mol. The molecule has 2 atom stereocenters. The topological polar surface area (TPSA) is 64.3 Å². The second-order valence-corrected chi connectivity index (χ2v) is 3.63. The molecule has 4 heteroatoms. The van der Waals surface area contributed by atoms with Crippen LogP contribution in [0.4, 0.5) is 0 Å². The third-order valence-electron chi connectivity index (χ3n) is 1.83. The summed E-state index contributed by atoms with van der Waals surface area (Å²) in [6.45, 7) is 6.24. The number of hydrogen-bond donors (Lipinski definition) is 2. The second-order valence-electron chi connectivity index (χ2n) is 3.63. The maximum Gasteiger partial charge on any atom is 0.237 e. The molecule has 0 aliphatic carbocycles. The zero-order chi connectivity index (χ0) is 10.4. The Morgan fingerprint density at radius 3 is 2.38 bits per heavy atom. The van der Waals surface area contributed by atoms with Crippen molar-refractivity contribution in [2.45, 2.75) is 32.9 Å². The quantitative estimate of drug-likeness (QED) is 0.644. The van der Waals surface area contributed by atoms with E-state index in [0.717, 1.165) is 0 Å². The highest BCUT2D eigenvalue weighted by molar-refractivity contribution is 5.81. The van der Waals surface area contributed by atoms with Crippen molar-refractivity contribution in [3.05, 3.63) is 0 Å². The molecule has 0 aliphatic rings. The van der Waals surface area contributed by atoms with Gasteiger partial charge in [-0.2, -0.15) is 0 Å². The zero-order valence-corrected chi connectivity index (χ0v) is 8.83. The van der Waals surface area contributed by atoms with Gasteiger partial charge in [-0.1, -0.05) is 13.8 Å². The molecule has 0 heterocycles. The first-order chi connectivity index (χ1) is 5.99. The minimum atomic E-state index is -0.431. The van der Waals surface area contributed by atoms with E-state index in [4.69, 9.17) is 10.5 Å². The van der Waals surface area contributed by atoms with E-state index in [1.165, 1.54) is 0 Å². The summed E-state index contributed by atoms with van der Waals surface area (Å²) in [7, 11) is 1.60. The van der Waals surface area contributed by atoms with E-state index in [2.05, 4.69) is 5.32 Å². The van der Waals surface area contributed by atoms with Gasteiger partial charge in [0.05, 0.1) is 12.6 Å². The summed E-state index contributed by atoms with van der Waals surface area (Å²) in [5, 5.41) is 2.77. The lowest BCUT2D eigenvalue weighted by atomic mass is 10.0. The van der Waals surface area contributed by atoms with Gasteiger partial charge < -0.3 is 15.8 Å². The standard InChI is InChI=1S/C9H20N2O2/c1-6(2)8(10)9(12)11-7(3)5-13-4/h6-8H,5,10H2,1-4H3,(H,11,12). The lowest BCUT2D eigenvalue weighted by molar-refractivity contribution is -0.124. The fourth-order valence-corrected chi connectivity index (χ4v) is 0.933. The van der Waals surface area contributed by atoms with Gasteiger partial charge >= 0.3 is 0 Å². The molecule has 0 fully saturated rings. The van der Waals surface area contributed by atoms with Crippen LogP contribution in [0.2, 0.25) is 0 Å². The van der Waals surface area contributed by atoms with Gasteiger partial charge in [0.2, 0.25) is 5.91 Å². The Balaban J connectivity index is 3.85. The first-order valence-corrected chi connectivity index (χ1v) is 4.54. The van der Waals surface area contributed by atoms with Crippen LogP contribution in [0.15, 0.2) is 0 Å². The summed E-state index contributed by atoms with van der Waals surface area (Å²) >= 11 is 0. The Hall–Kier alpha value is -0.610. The molecule has 0 saturated heterocycles. The molecule has 78 valence electrons. The van der Waals surface area contributed by atoms with Crippen molar-refractivity contribution < 1.29 is 9.53 Å². The number of methoxy groups -OCH3 is 1. The molecule has 0 radical (unpaired) electrons. The van der Waals surface area contributed by atoms with Crippen LogP contribution < -0.4 is 11.1 Å². The maximum absolute atomic E-state index is 11.4. The van der Waals surface area contributed by atoms with Crippen LogP contribution in [0.25, 0.3) is 0 Å². The molecule has 0 aliphatic heterocycles. The van der Waals surface area contributed by atoms with Gasteiger partial charge in [0.25, 0.3) is 0 Å². The van der Waals surface area contributed by atoms with Crippen LogP contribution in [0.1, 0.15) is 20.8 Å².